The van der Waals surface area contributed by atoms with Crippen molar-refractivity contribution < 1.29 is 14.3 Å². The van der Waals surface area contributed by atoms with Gasteiger partial charge in [-0.05, 0) is 44.2 Å². The van der Waals surface area contributed by atoms with Crippen LogP contribution in [0.25, 0.3) is 22.4 Å². The topological polar surface area (TPSA) is 85.2 Å². The molecule has 4 aromatic rings. The van der Waals surface area contributed by atoms with Crippen LogP contribution in [0.4, 0.5) is 10.5 Å². The molecule has 3 aromatic carbocycles. The summed E-state index contributed by atoms with van der Waals surface area (Å²) in [4.78, 5) is 29.2. The van der Waals surface area contributed by atoms with Crippen molar-refractivity contribution in [2.75, 3.05) is 18.5 Å². The minimum absolute atomic E-state index is 0.296. The summed E-state index contributed by atoms with van der Waals surface area (Å²) in [6, 6.07) is 22.5. The predicted octanol–water partition coefficient (Wildman–Crippen LogP) is 5.01. The number of hydrogen-bond donors (Lipinski definition) is 2. The van der Waals surface area contributed by atoms with Crippen molar-refractivity contribution in [1.82, 2.24) is 14.9 Å². The summed E-state index contributed by atoms with van der Waals surface area (Å²) in [5, 5.41) is 5.65. The molecular weight excluding hydrogens is 416 g/mol. The Morgan fingerprint density at radius 2 is 1.79 bits per heavy atom. The zero-order chi connectivity index (χ0) is 23.2. The van der Waals surface area contributed by atoms with Gasteiger partial charge in [-0.1, -0.05) is 48.0 Å². The molecule has 0 aliphatic carbocycles. The lowest BCUT2D eigenvalue weighted by atomic mass is 10.1. The molecule has 7 heteroatoms. The number of nitrogens with one attached hydrogen (secondary N) is 2. The maximum atomic E-state index is 12.4. The van der Waals surface area contributed by atoms with E-state index in [4.69, 9.17) is 9.72 Å². The van der Waals surface area contributed by atoms with E-state index in [1.807, 2.05) is 24.3 Å². The summed E-state index contributed by atoms with van der Waals surface area (Å²) < 4.78 is 7.12. The lowest BCUT2D eigenvalue weighted by molar-refractivity contribution is 0.0526. The van der Waals surface area contributed by atoms with Crippen LogP contribution in [0.3, 0.4) is 0 Å². The van der Waals surface area contributed by atoms with Crippen LogP contribution in [-0.4, -0.2) is 34.7 Å². The zero-order valence-electron chi connectivity index (χ0n) is 18.7. The molecule has 0 unspecified atom stereocenters. The van der Waals surface area contributed by atoms with Crippen molar-refractivity contribution in [2.24, 2.45) is 0 Å². The van der Waals surface area contributed by atoms with E-state index in [0.29, 0.717) is 30.9 Å². The Balaban J connectivity index is 1.44. The van der Waals surface area contributed by atoms with Gasteiger partial charge in [0.25, 0.3) is 0 Å². The Bertz CT molecular complexity index is 1280. The molecule has 168 valence electrons. The molecule has 1 heterocycles. The van der Waals surface area contributed by atoms with Gasteiger partial charge in [0.15, 0.2) is 0 Å². The minimum Gasteiger partial charge on any atom is -0.462 e. The molecule has 0 aliphatic rings. The third-order valence-corrected chi connectivity index (χ3v) is 5.22. The van der Waals surface area contributed by atoms with Gasteiger partial charge in [0, 0.05) is 24.3 Å². The Morgan fingerprint density at radius 3 is 2.58 bits per heavy atom. The molecule has 0 spiro atoms. The van der Waals surface area contributed by atoms with Crippen molar-refractivity contribution >= 4 is 28.7 Å². The Morgan fingerprint density at radius 1 is 1.00 bits per heavy atom. The van der Waals surface area contributed by atoms with Crippen LogP contribution in [0, 0.1) is 6.92 Å². The van der Waals surface area contributed by atoms with Gasteiger partial charge in [0.2, 0.25) is 0 Å². The number of urea groups is 1. The van der Waals surface area contributed by atoms with Crippen LogP contribution in [0.1, 0.15) is 22.8 Å². The average molecular weight is 443 g/mol. The number of carbonyl (C=O) groups is 2. The smallest absolute Gasteiger partial charge is 0.338 e. The van der Waals surface area contributed by atoms with Gasteiger partial charge in [-0.3, -0.25) is 0 Å². The van der Waals surface area contributed by atoms with Gasteiger partial charge in [-0.2, -0.15) is 0 Å². The highest BCUT2D eigenvalue weighted by Crippen LogP contribution is 2.25. The Hall–Kier alpha value is -4.13. The number of aryl methyl sites for hydroxylation is 1. The molecule has 4 rings (SSSR count). The van der Waals surface area contributed by atoms with Crippen molar-refractivity contribution in [3.05, 3.63) is 83.9 Å². The summed E-state index contributed by atoms with van der Waals surface area (Å²) in [6.07, 6.45) is 0. The number of carbonyl (C=O) groups excluding carboxylic acids is 2. The van der Waals surface area contributed by atoms with Gasteiger partial charge in [0.05, 0.1) is 23.2 Å². The molecule has 7 nitrogen and oxygen atoms in total. The van der Waals surface area contributed by atoms with Crippen LogP contribution in [0.15, 0.2) is 72.8 Å². The van der Waals surface area contributed by atoms with Crippen molar-refractivity contribution in [2.45, 2.75) is 20.4 Å². The number of nitrogens with zero attached hydrogens (tertiary/aromatic N) is 2. The largest absolute Gasteiger partial charge is 0.462 e. The van der Waals surface area contributed by atoms with E-state index >= 15 is 0 Å². The van der Waals surface area contributed by atoms with Gasteiger partial charge in [-0.25, -0.2) is 14.6 Å². The zero-order valence-corrected chi connectivity index (χ0v) is 18.7. The predicted molar refractivity (Wildman–Crippen MR) is 129 cm³/mol. The average Bonchev–Trinajstić information content (AvgIpc) is 3.18. The Labute approximate surface area is 192 Å². The number of esters is 1. The minimum atomic E-state index is -0.419. The first-order valence-corrected chi connectivity index (χ1v) is 10.9. The number of rotatable bonds is 7. The maximum Gasteiger partial charge on any atom is 0.338 e. The molecule has 0 saturated carbocycles. The normalized spacial score (nSPS) is 10.7. The number of hydrogen-bond acceptors (Lipinski definition) is 4. The van der Waals surface area contributed by atoms with E-state index < -0.39 is 5.97 Å². The number of fused-ring (bicyclic) bond motifs is 1. The molecule has 2 amide bonds. The fourth-order valence-electron chi connectivity index (χ4n) is 3.62. The van der Waals surface area contributed by atoms with E-state index in [1.54, 1.807) is 31.2 Å². The lowest BCUT2D eigenvalue weighted by Gasteiger charge is -2.12. The maximum absolute atomic E-state index is 12.4. The highest BCUT2D eigenvalue weighted by Gasteiger charge is 2.13. The van der Waals surface area contributed by atoms with Gasteiger partial charge in [-0.15, -0.1) is 0 Å². The number of amides is 2. The van der Waals surface area contributed by atoms with E-state index in [9.17, 15) is 9.59 Å². The van der Waals surface area contributed by atoms with E-state index in [2.05, 4.69) is 46.4 Å². The number of aromatic nitrogens is 2. The van der Waals surface area contributed by atoms with Crippen LogP contribution in [-0.2, 0) is 11.3 Å². The lowest BCUT2D eigenvalue weighted by Crippen LogP contribution is -2.31. The number of benzene rings is 3. The Kier molecular flexibility index (Phi) is 6.69. The highest BCUT2D eigenvalue weighted by atomic mass is 16.5. The van der Waals surface area contributed by atoms with Crippen LogP contribution >= 0.6 is 0 Å². The number of para-hydroxylation sites is 2. The monoisotopic (exact) mass is 442 g/mol. The van der Waals surface area contributed by atoms with E-state index in [0.717, 1.165) is 22.4 Å². The van der Waals surface area contributed by atoms with E-state index in [-0.39, 0.29) is 6.03 Å². The third-order valence-electron chi connectivity index (χ3n) is 5.22. The second-order valence-electron chi connectivity index (χ2n) is 7.62. The fraction of sp³-hybridized carbons (Fsp3) is 0.192. The SMILES string of the molecule is CCOC(=O)c1cccc(NC(=O)NCCn2c(-c3ccc(C)cc3)nc3ccccc32)c1. The molecule has 2 N–H and O–H groups in total. The summed E-state index contributed by atoms with van der Waals surface area (Å²) >= 11 is 0. The molecule has 0 radical (unpaired) electrons. The molecule has 1 aromatic heterocycles. The van der Waals surface area contributed by atoms with Crippen LogP contribution in [0.5, 0.6) is 0 Å². The second-order valence-corrected chi connectivity index (χ2v) is 7.62. The molecule has 0 fully saturated rings. The molecule has 33 heavy (non-hydrogen) atoms. The molecule has 0 saturated heterocycles. The van der Waals surface area contributed by atoms with Gasteiger partial charge >= 0.3 is 12.0 Å². The fourth-order valence-corrected chi connectivity index (χ4v) is 3.62. The highest BCUT2D eigenvalue weighted by molar-refractivity contribution is 5.94. The van der Waals surface area contributed by atoms with Crippen LogP contribution in [0.2, 0.25) is 0 Å². The number of anilines is 1. The standard InChI is InChI=1S/C26H26N4O3/c1-3-33-25(31)20-7-6-8-21(17-20)28-26(32)27-15-16-30-23-10-5-4-9-22(23)29-24(30)19-13-11-18(2)12-14-19/h4-14,17H,3,15-16H2,1-2H3,(H2,27,28,32). The van der Waals surface area contributed by atoms with Crippen molar-refractivity contribution in [1.29, 1.82) is 0 Å². The van der Waals surface area contributed by atoms with E-state index in [1.165, 1.54) is 5.56 Å². The summed E-state index contributed by atoms with van der Waals surface area (Å²) in [7, 11) is 0. The summed E-state index contributed by atoms with van der Waals surface area (Å²) in [6.45, 7) is 5.06. The first-order chi connectivity index (χ1) is 16.0. The molecule has 0 atom stereocenters. The van der Waals surface area contributed by atoms with Crippen LogP contribution < -0.4 is 10.6 Å². The first-order valence-electron chi connectivity index (χ1n) is 10.9. The molecule has 0 aliphatic heterocycles. The van der Waals surface area contributed by atoms with Gasteiger partial charge in [0.1, 0.15) is 5.82 Å². The van der Waals surface area contributed by atoms with Crippen molar-refractivity contribution in [3.8, 4) is 11.4 Å². The third kappa shape index (κ3) is 5.20. The summed E-state index contributed by atoms with van der Waals surface area (Å²) in [5.74, 6) is 0.442. The van der Waals surface area contributed by atoms with Crippen molar-refractivity contribution in [3.63, 3.8) is 0 Å². The number of imidazole rings is 1. The first kappa shape index (κ1) is 22.1. The number of ether oxygens (including phenoxy) is 1. The summed E-state index contributed by atoms with van der Waals surface area (Å²) in [5.41, 5.74) is 5.04. The molecule has 0 bridgehead atoms. The van der Waals surface area contributed by atoms with Gasteiger partial charge < -0.3 is 19.9 Å². The molecular formula is C26H26N4O3. The quantitative estimate of drug-likeness (QED) is 0.394. The second kappa shape index (κ2) is 9.99.